The number of hydrogen-bond acceptors (Lipinski definition) is 2. The van der Waals surface area contributed by atoms with Gasteiger partial charge in [0.25, 0.3) is 0 Å². The van der Waals surface area contributed by atoms with Crippen LogP contribution in [0.15, 0.2) is 24.3 Å². The van der Waals surface area contributed by atoms with Gasteiger partial charge in [-0.3, -0.25) is 4.79 Å². The van der Waals surface area contributed by atoms with Crippen molar-refractivity contribution in [1.29, 1.82) is 0 Å². The maximum Gasteiger partial charge on any atom is 0.153 e. The normalized spacial score (nSPS) is 10.1. The largest absolute Gasteiger partial charge is 0.493 e. The first kappa shape index (κ1) is 12.8. The second-order valence-electron chi connectivity index (χ2n) is 3.92. The Kier molecular flexibility index (Phi) is 6.31. The SMILES string of the molecule is CCCCCCCOc1ccccc1C=O. The first-order valence-electron chi connectivity index (χ1n) is 6.05. The van der Waals surface area contributed by atoms with E-state index in [1.165, 1.54) is 25.7 Å². The molecule has 0 amide bonds. The van der Waals surface area contributed by atoms with Gasteiger partial charge in [0.15, 0.2) is 6.29 Å². The third kappa shape index (κ3) is 4.47. The molecule has 0 atom stereocenters. The Morgan fingerprint density at radius 2 is 1.88 bits per heavy atom. The number of hydrogen-bond donors (Lipinski definition) is 0. The summed E-state index contributed by atoms with van der Waals surface area (Å²) in [6.45, 7) is 2.91. The second kappa shape index (κ2) is 7.91. The lowest BCUT2D eigenvalue weighted by Gasteiger charge is -2.07. The molecule has 0 unspecified atom stereocenters. The lowest BCUT2D eigenvalue weighted by Crippen LogP contribution is -1.99. The average Bonchev–Trinajstić information content (AvgIpc) is 2.34. The van der Waals surface area contributed by atoms with Crippen molar-refractivity contribution in [2.75, 3.05) is 6.61 Å². The van der Waals surface area contributed by atoms with Crippen LogP contribution in [0.3, 0.4) is 0 Å². The van der Waals surface area contributed by atoms with Crippen LogP contribution in [0.25, 0.3) is 0 Å². The molecule has 88 valence electrons. The van der Waals surface area contributed by atoms with E-state index in [-0.39, 0.29) is 0 Å². The molecule has 2 nitrogen and oxygen atoms in total. The van der Waals surface area contributed by atoms with E-state index in [9.17, 15) is 4.79 Å². The van der Waals surface area contributed by atoms with Gasteiger partial charge in [0.05, 0.1) is 12.2 Å². The van der Waals surface area contributed by atoms with E-state index < -0.39 is 0 Å². The third-order valence-corrected chi connectivity index (χ3v) is 2.55. The molecule has 0 spiro atoms. The van der Waals surface area contributed by atoms with Gasteiger partial charge in [0, 0.05) is 0 Å². The molecular weight excluding hydrogens is 200 g/mol. The summed E-state index contributed by atoms with van der Waals surface area (Å²) in [6.07, 6.45) is 6.94. The Balaban J connectivity index is 2.23. The quantitative estimate of drug-likeness (QED) is 0.491. The van der Waals surface area contributed by atoms with Crippen LogP contribution < -0.4 is 4.74 Å². The first-order valence-corrected chi connectivity index (χ1v) is 6.05. The molecule has 0 bridgehead atoms. The van der Waals surface area contributed by atoms with Crippen LogP contribution in [0.1, 0.15) is 49.4 Å². The highest BCUT2D eigenvalue weighted by Crippen LogP contribution is 2.16. The average molecular weight is 220 g/mol. The Bertz CT molecular complexity index is 307. The Labute approximate surface area is 97.6 Å². The number of unbranched alkanes of at least 4 members (excludes halogenated alkanes) is 4. The lowest BCUT2D eigenvalue weighted by atomic mass is 10.2. The van der Waals surface area contributed by atoms with E-state index in [0.29, 0.717) is 17.9 Å². The Morgan fingerprint density at radius 1 is 1.12 bits per heavy atom. The highest BCUT2D eigenvalue weighted by atomic mass is 16.5. The van der Waals surface area contributed by atoms with Crippen molar-refractivity contribution in [3.63, 3.8) is 0 Å². The summed E-state index contributed by atoms with van der Waals surface area (Å²) in [4.78, 5) is 10.7. The summed E-state index contributed by atoms with van der Waals surface area (Å²) in [5.74, 6) is 0.702. The van der Waals surface area contributed by atoms with Crippen molar-refractivity contribution in [2.24, 2.45) is 0 Å². The fourth-order valence-electron chi connectivity index (χ4n) is 1.60. The molecule has 0 radical (unpaired) electrons. The Hall–Kier alpha value is -1.31. The van der Waals surface area contributed by atoms with E-state index in [0.717, 1.165) is 12.7 Å². The van der Waals surface area contributed by atoms with Crippen molar-refractivity contribution in [3.8, 4) is 5.75 Å². The van der Waals surface area contributed by atoms with E-state index in [1.54, 1.807) is 6.07 Å². The minimum absolute atomic E-state index is 0.635. The van der Waals surface area contributed by atoms with Crippen LogP contribution in [0.5, 0.6) is 5.75 Å². The lowest BCUT2D eigenvalue weighted by molar-refractivity contribution is 0.111. The van der Waals surface area contributed by atoms with Crippen molar-refractivity contribution >= 4 is 6.29 Å². The van der Waals surface area contributed by atoms with Crippen LogP contribution in [0.2, 0.25) is 0 Å². The first-order chi connectivity index (χ1) is 7.88. The fourth-order valence-corrected chi connectivity index (χ4v) is 1.60. The number of carbonyl (C=O) groups is 1. The number of rotatable bonds is 8. The zero-order valence-corrected chi connectivity index (χ0v) is 9.95. The molecule has 0 aliphatic carbocycles. The summed E-state index contributed by atoms with van der Waals surface area (Å²) in [5, 5.41) is 0. The number of benzene rings is 1. The zero-order valence-electron chi connectivity index (χ0n) is 9.95. The van der Waals surface area contributed by atoms with Crippen molar-refractivity contribution < 1.29 is 9.53 Å². The molecule has 0 aromatic heterocycles. The van der Waals surface area contributed by atoms with Crippen LogP contribution in [0, 0.1) is 0 Å². The minimum Gasteiger partial charge on any atom is -0.493 e. The molecule has 0 N–H and O–H groups in total. The molecule has 1 rings (SSSR count). The zero-order chi connectivity index (χ0) is 11.6. The molecule has 1 aromatic rings. The van der Waals surface area contributed by atoms with Crippen molar-refractivity contribution in [2.45, 2.75) is 39.0 Å². The molecular formula is C14H20O2. The van der Waals surface area contributed by atoms with Crippen LogP contribution in [-0.4, -0.2) is 12.9 Å². The molecule has 16 heavy (non-hydrogen) atoms. The number of carbonyl (C=O) groups excluding carboxylic acids is 1. The minimum atomic E-state index is 0.635. The standard InChI is InChI=1S/C14H20O2/c1-2-3-4-5-8-11-16-14-10-7-6-9-13(14)12-15/h6-7,9-10,12H,2-5,8,11H2,1H3. The molecule has 2 heteroatoms. The molecule has 0 saturated heterocycles. The van der Waals surface area contributed by atoms with E-state index in [1.807, 2.05) is 18.2 Å². The molecule has 1 aromatic carbocycles. The fraction of sp³-hybridized carbons (Fsp3) is 0.500. The van der Waals surface area contributed by atoms with Crippen LogP contribution >= 0.6 is 0 Å². The highest BCUT2D eigenvalue weighted by molar-refractivity contribution is 5.79. The van der Waals surface area contributed by atoms with Gasteiger partial charge in [-0.2, -0.15) is 0 Å². The number of ether oxygens (including phenoxy) is 1. The van der Waals surface area contributed by atoms with E-state index in [4.69, 9.17) is 4.74 Å². The highest BCUT2D eigenvalue weighted by Gasteiger charge is 2.00. The van der Waals surface area contributed by atoms with Gasteiger partial charge in [-0.1, -0.05) is 44.7 Å². The van der Waals surface area contributed by atoms with Gasteiger partial charge in [0.2, 0.25) is 0 Å². The molecule has 0 aliphatic heterocycles. The van der Waals surface area contributed by atoms with Crippen LogP contribution in [-0.2, 0) is 0 Å². The van der Waals surface area contributed by atoms with E-state index >= 15 is 0 Å². The third-order valence-electron chi connectivity index (χ3n) is 2.55. The summed E-state index contributed by atoms with van der Waals surface area (Å²) >= 11 is 0. The monoisotopic (exact) mass is 220 g/mol. The molecule has 0 aliphatic rings. The molecule has 0 heterocycles. The van der Waals surface area contributed by atoms with Gasteiger partial charge < -0.3 is 4.74 Å². The van der Waals surface area contributed by atoms with Crippen molar-refractivity contribution in [1.82, 2.24) is 0 Å². The van der Waals surface area contributed by atoms with Gasteiger partial charge in [-0.05, 0) is 18.6 Å². The maximum atomic E-state index is 10.7. The van der Waals surface area contributed by atoms with Gasteiger partial charge in [-0.15, -0.1) is 0 Å². The summed E-state index contributed by atoms with van der Waals surface area (Å²) in [7, 11) is 0. The van der Waals surface area contributed by atoms with Gasteiger partial charge >= 0.3 is 0 Å². The van der Waals surface area contributed by atoms with Crippen molar-refractivity contribution in [3.05, 3.63) is 29.8 Å². The predicted octanol–water partition coefficient (Wildman–Crippen LogP) is 3.85. The topological polar surface area (TPSA) is 26.3 Å². The predicted molar refractivity (Wildman–Crippen MR) is 66.1 cm³/mol. The maximum absolute atomic E-state index is 10.7. The smallest absolute Gasteiger partial charge is 0.153 e. The van der Waals surface area contributed by atoms with Crippen LogP contribution in [0.4, 0.5) is 0 Å². The number of para-hydroxylation sites is 1. The van der Waals surface area contributed by atoms with Gasteiger partial charge in [0.1, 0.15) is 5.75 Å². The summed E-state index contributed by atoms with van der Waals surface area (Å²) < 4.78 is 5.58. The number of aldehydes is 1. The molecule has 0 saturated carbocycles. The Morgan fingerprint density at radius 3 is 2.62 bits per heavy atom. The van der Waals surface area contributed by atoms with E-state index in [2.05, 4.69) is 6.92 Å². The van der Waals surface area contributed by atoms with Gasteiger partial charge in [-0.25, -0.2) is 0 Å². The summed E-state index contributed by atoms with van der Waals surface area (Å²) in [6, 6.07) is 7.35. The molecule has 0 fully saturated rings. The second-order valence-corrected chi connectivity index (χ2v) is 3.92. The summed E-state index contributed by atoms with van der Waals surface area (Å²) in [5.41, 5.74) is 0.635.